The maximum atomic E-state index is 11.8. The highest BCUT2D eigenvalue weighted by Crippen LogP contribution is 2.17. The lowest BCUT2D eigenvalue weighted by Crippen LogP contribution is -2.35. The number of carbonyl (C=O) groups excluding carboxylic acids is 2. The van der Waals surface area contributed by atoms with Crippen molar-refractivity contribution in [3.05, 3.63) is 64.6 Å². The van der Waals surface area contributed by atoms with Gasteiger partial charge >= 0.3 is 11.7 Å². The Balaban J connectivity index is 1.95. The van der Waals surface area contributed by atoms with E-state index in [1.807, 2.05) is 26.0 Å². The summed E-state index contributed by atoms with van der Waals surface area (Å²) in [7, 11) is 0. The van der Waals surface area contributed by atoms with Gasteiger partial charge in [-0.15, -0.1) is 0 Å². The van der Waals surface area contributed by atoms with Gasteiger partial charge < -0.3 is 15.3 Å². The number of carbonyl (C=O) groups is 2. The van der Waals surface area contributed by atoms with Crippen molar-refractivity contribution >= 4 is 17.6 Å². The smallest absolute Gasteiger partial charge is 0.405 e. The third-order valence-electron chi connectivity index (χ3n) is 3.25. The Kier molecular flexibility index (Phi) is 4.73. The van der Waals surface area contributed by atoms with Gasteiger partial charge in [0.05, 0.1) is 0 Å². The van der Waals surface area contributed by atoms with E-state index >= 15 is 0 Å². The fourth-order valence-corrected chi connectivity index (χ4v) is 1.86. The first-order valence-electron chi connectivity index (χ1n) is 6.70. The number of nitrogens with zero attached hydrogens (tertiary/aromatic N) is 1. The zero-order valence-corrected chi connectivity index (χ0v) is 12.3. The third kappa shape index (κ3) is 3.60. The van der Waals surface area contributed by atoms with Crippen LogP contribution in [0, 0.1) is 19.1 Å². The van der Waals surface area contributed by atoms with E-state index in [1.165, 1.54) is 18.3 Å². The molecule has 1 amide bonds. The zero-order valence-electron chi connectivity index (χ0n) is 12.3. The number of anilines is 1. The zero-order chi connectivity index (χ0) is 16.1. The van der Waals surface area contributed by atoms with E-state index in [4.69, 9.17) is 4.74 Å². The Labute approximate surface area is 127 Å². The average molecular weight is 300 g/mol. The number of aromatic nitrogens is 1. The lowest BCUT2D eigenvalue weighted by molar-refractivity contribution is -0.608. The van der Waals surface area contributed by atoms with Gasteiger partial charge in [0.15, 0.2) is 12.8 Å². The van der Waals surface area contributed by atoms with Crippen LogP contribution in [0.2, 0.25) is 0 Å². The van der Waals surface area contributed by atoms with Crippen molar-refractivity contribution < 1.29 is 19.1 Å². The maximum absolute atomic E-state index is 11.8. The second-order valence-corrected chi connectivity index (χ2v) is 4.78. The third-order valence-corrected chi connectivity index (χ3v) is 3.25. The molecule has 0 aliphatic rings. The first-order valence-corrected chi connectivity index (χ1v) is 6.70. The summed E-state index contributed by atoms with van der Waals surface area (Å²) in [5, 5.41) is 14.1. The molecule has 0 unspecified atom stereocenters. The summed E-state index contributed by atoms with van der Waals surface area (Å²) in [5.41, 5.74) is 2.50. The Morgan fingerprint density at radius 2 is 1.95 bits per heavy atom. The summed E-state index contributed by atoms with van der Waals surface area (Å²) >= 11 is 0. The van der Waals surface area contributed by atoms with E-state index in [1.54, 1.807) is 12.1 Å². The molecule has 6 nitrogen and oxygen atoms in total. The number of esters is 1. The first-order chi connectivity index (χ1) is 10.5. The SMILES string of the molecule is Cc1cccc(NC(=O)COC(=O)c2cccc[n+]2[O-])c1C. The number of amides is 1. The average Bonchev–Trinajstić information content (AvgIpc) is 2.50. The molecule has 6 heteroatoms. The van der Waals surface area contributed by atoms with Gasteiger partial charge in [-0.05, 0) is 37.1 Å². The second-order valence-electron chi connectivity index (χ2n) is 4.78. The number of hydrogen-bond donors (Lipinski definition) is 1. The molecule has 0 saturated carbocycles. The van der Waals surface area contributed by atoms with Crippen LogP contribution in [0.3, 0.4) is 0 Å². The molecular formula is C16H16N2O4. The van der Waals surface area contributed by atoms with Crippen LogP contribution in [-0.2, 0) is 9.53 Å². The largest absolute Gasteiger partial charge is 0.618 e. The first kappa shape index (κ1) is 15.5. The van der Waals surface area contributed by atoms with Gasteiger partial charge in [0.25, 0.3) is 5.91 Å². The number of aryl methyl sites for hydroxylation is 1. The van der Waals surface area contributed by atoms with Crippen LogP contribution in [0.25, 0.3) is 0 Å². The second kappa shape index (κ2) is 6.71. The monoisotopic (exact) mass is 300 g/mol. The maximum Gasteiger partial charge on any atom is 0.405 e. The molecular weight excluding hydrogens is 284 g/mol. The van der Waals surface area contributed by atoms with Crippen molar-refractivity contribution in [1.82, 2.24) is 0 Å². The number of ether oxygens (including phenoxy) is 1. The van der Waals surface area contributed by atoms with E-state index in [2.05, 4.69) is 5.32 Å². The molecule has 1 N–H and O–H groups in total. The van der Waals surface area contributed by atoms with Crippen molar-refractivity contribution in [2.75, 3.05) is 11.9 Å². The lowest BCUT2D eigenvalue weighted by atomic mass is 10.1. The highest BCUT2D eigenvalue weighted by molar-refractivity contribution is 5.95. The number of nitrogens with one attached hydrogen (secondary N) is 1. The van der Waals surface area contributed by atoms with Crippen LogP contribution in [0.1, 0.15) is 21.6 Å². The summed E-state index contributed by atoms with van der Waals surface area (Å²) in [6, 6.07) is 9.91. The summed E-state index contributed by atoms with van der Waals surface area (Å²) in [6.07, 6.45) is 1.19. The molecule has 0 aliphatic carbocycles. The van der Waals surface area contributed by atoms with Crippen LogP contribution in [0.4, 0.5) is 5.69 Å². The number of rotatable bonds is 4. The normalized spacial score (nSPS) is 10.1. The summed E-state index contributed by atoms with van der Waals surface area (Å²) in [6.45, 7) is 3.37. The Morgan fingerprint density at radius 1 is 1.18 bits per heavy atom. The quantitative estimate of drug-likeness (QED) is 0.529. The highest BCUT2D eigenvalue weighted by Gasteiger charge is 2.18. The topological polar surface area (TPSA) is 82.3 Å². The molecule has 0 fully saturated rings. The molecule has 1 aromatic carbocycles. The van der Waals surface area contributed by atoms with Crippen LogP contribution in [-0.4, -0.2) is 18.5 Å². The molecule has 22 heavy (non-hydrogen) atoms. The van der Waals surface area contributed by atoms with Crippen LogP contribution in [0.5, 0.6) is 0 Å². The number of pyridine rings is 1. The van der Waals surface area contributed by atoms with Crippen LogP contribution >= 0.6 is 0 Å². The van der Waals surface area contributed by atoms with Gasteiger partial charge in [0, 0.05) is 17.8 Å². The molecule has 2 rings (SSSR count). The Bertz CT molecular complexity index is 713. The van der Waals surface area contributed by atoms with E-state index < -0.39 is 18.5 Å². The van der Waals surface area contributed by atoms with Crippen molar-refractivity contribution in [1.29, 1.82) is 0 Å². The molecule has 0 radical (unpaired) electrons. The van der Waals surface area contributed by atoms with Gasteiger partial charge in [0.2, 0.25) is 0 Å². The number of benzene rings is 1. The molecule has 1 heterocycles. The molecule has 0 atom stereocenters. The van der Waals surface area contributed by atoms with E-state index in [0.29, 0.717) is 10.4 Å². The predicted octanol–water partition coefficient (Wildman–Crippen LogP) is 1.73. The van der Waals surface area contributed by atoms with Crippen LogP contribution < -0.4 is 10.0 Å². The van der Waals surface area contributed by atoms with Gasteiger partial charge in [0.1, 0.15) is 0 Å². The molecule has 2 aromatic rings. The molecule has 0 aliphatic heterocycles. The lowest BCUT2D eigenvalue weighted by Gasteiger charge is -2.10. The Morgan fingerprint density at radius 3 is 2.68 bits per heavy atom. The van der Waals surface area contributed by atoms with E-state index in [9.17, 15) is 14.8 Å². The van der Waals surface area contributed by atoms with Crippen LogP contribution in [0.15, 0.2) is 42.6 Å². The predicted molar refractivity (Wildman–Crippen MR) is 80.2 cm³/mol. The van der Waals surface area contributed by atoms with E-state index in [0.717, 1.165) is 11.1 Å². The fraction of sp³-hybridized carbons (Fsp3) is 0.188. The molecule has 1 aromatic heterocycles. The van der Waals surface area contributed by atoms with Gasteiger partial charge in [-0.3, -0.25) is 4.79 Å². The molecule has 0 spiro atoms. The van der Waals surface area contributed by atoms with Crippen molar-refractivity contribution in [3.8, 4) is 0 Å². The molecule has 0 saturated heterocycles. The minimum atomic E-state index is -0.841. The van der Waals surface area contributed by atoms with Crippen molar-refractivity contribution in [2.45, 2.75) is 13.8 Å². The van der Waals surface area contributed by atoms with E-state index in [-0.39, 0.29) is 5.69 Å². The Hall–Kier alpha value is -2.89. The minimum absolute atomic E-state index is 0.165. The number of hydrogen-bond acceptors (Lipinski definition) is 4. The van der Waals surface area contributed by atoms with Gasteiger partial charge in [-0.2, -0.15) is 4.73 Å². The molecule has 114 valence electrons. The molecule has 0 bridgehead atoms. The standard InChI is InChI=1S/C16H16N2O4/c1-11-6-5-7-13(12(11)2)17-15(19)10-22-16(20)14-8-3-4-9-18(14)21/h3-9H,10H2,1-2H3,(H,17,19). The van der Waals surface area contributed by atoms with Gasteiger partial charge in [-0.25, -0.2) is 4.79 Å². The summed E-state index contributed by atoms with van der Waals surface area (Å²) < 4.78 is 5.24. The highest BCUT2D eigenvalue weighted by atomic mass is 16.5. The summed E-state index contributed by atoms with van der Waals surface area (Å²) in [4.78, 5) is 23.5. The minimum Gasteiger partial charge on any atom is -0.618 e. The van der Waals surface area contributed by atoms with Gasteiger partial charge in [-0.1, -0.05) is 12.1 Å². The fourth-order valence-electron chi connectivity index (χ4n) is 1.86. The van der Waals surface area contributed by atoms with Crippen molar-refractivity contribution in [2.24, 2.45) is 0 Å². The van der Waals surface area contributed by atoms with Crippen molar-refractivity contribution in [3.63, 3.8) is 0 Å². The summed E-state index contributed by atoms with van der Waals surface area (Å²) in [5.74, 6) is -1.30.